The summed E-state index contributed by atoms with van der Waals surface area (Å²) in [7, 11) is 0. The predicted molar refractivity (Wildman–Crippen MR) is 56.1 cm³/mol. The van der Waals surface area contributed by atoms with E-state index in [1.54, 1.807) is 23.1 Å². The Morgan fingerprint density at radius 2 is 1.38 bits per heavy atom. The van der Waals surface area contributed by atoms with Crippen molar-refractivity contribution in [2.24, 2.45) is 0 Å². The van der Waals surface area contributed by atoms with E-state index in [2.05, 4.69) is 15.0 Å². The Morgan fingerprint density at radius 3 is 1.88 bits per heavy atom. The first-order valence-corrected chi connectivity index (χ1v) is 4.45. The second-order valence-electron chi connectivity index (χ2n) is 2.90. The number of anilines is 2. The molecule has 0 unspecified atom stereocenters. The van der Waals surface area contributed by atoms with Crippen molar-refractivity contribution < 1.29 is 10.4 Å². The van der Waals surface area contributed by atoms with Gasteiger partial charge in [0, 0.05) is 5.56 Å². The maximum absolute atomic E-state index is 8.72. The fourth-order valence-electron chi connectivity index (χ4n) is 1.19. The quantitative estimate of drug-likeness (QED) is 0.574. The highest BCUT2D eigenvalue weighted by atomic mass is 16.5. The van der Waals surface area contributed by atoms with Gasteiger partial charge in [0.15, 0.2) is 5.82 Å². The fraction of sp³-hybridized carbons (Fsp3) is 0. The molecule has 0 aliphatic heterocycles. The van der Waals surface area contributed by atoms with Gasteiger partial charge in [0.1, 0.15) is 0 Å². The van der Waals surface area contributed by atoms with E-state index >= 15 is 0 Å². The highest BCUT2D eigenvalue weighted by molar-refractivity contribution is 5.57. The molecule has 2 rings (SSSR count). The zero-order chi connectivity index (χ0) is 11.4. The van der Waals surface area contributed by atoms with Gasteiger partial charge in [0.2, 0.25) is 0 Å². The summed E-state index contributed by atoms with van der Waals surface area (Å²) in [5, 5.41) is 17.4. The van der Waals surface area contributed by atoms with Crippen LogP contribution in [-0.4, -0.2) is 25.4 Å². The molecule has 16 heavy (non-hydrogen) atoms. The largest absolute Gasteiger partial charge is 0.288 e. The lowest BCUT2D eigenvalue weighted by Gasteiger charge is -2.04. The first-order valence-electron chi connectivity index (χ1n) is 4.45. The van der Waals surface area contributed by atoms with E-state index in [4.69, 9.17) is 10.4 Å². The molecule has 4 N–H and O–H groups in total. The minimum atomic E-state index is -0.0506. The van der Waals surface area contributed by atoms with Gasteiger partial charge in [0.05, 0.1) is 0 Å². The second-order valence-corrected chi connectivity index (χ2v) is 2.90. The molecule has 0 aliphatic carbocycles. The first kappa shape index (κ1) is 10.3. The lowest BCUT2D eigenvalue weighted by atomic mass is 10.2. The molecule has 0 amide bonds. The average molecular weight is 219 g/mol. The van der Waals surface area contributed by atoms with Gasteiger partial charge in [-0.25, -0.2) is 11.0 Å². The molecular weight excluding hydrogens is 210 g/mol. The fourth-order valence-corrected chi connectivity index (χ4v) is 1.19. The molecule has 1 aromatic carbocycles. The van der Waals surface area contributed by atoms with Crippen LogP contribution >= 0.6 is 0 Å². The summed E-state index contributed by atoms with van der Waals surface area (Å²) in [6.07, 6.45) is 0. The molecule has 2 aromatic rings. The Bertz CT molecular complexity index is 454. The predicted octanol–water partition coefficient (Wildman–Crippen LogP) is 1.14. The highest BCUT2D eigenvalue weighted by Crippen LogP contribution is 2.16. The minimum Gasteiger partial charge on any atom is -0.288 e. The molecule has 7 heteroatoms. The lowest BCUT2D eigenvalue weighted by molar-refractivity contribution is 0.375. The number of nitrogens with zero attached hydrogens (tertiary/aromatic N) is 3. The van der Waals surface area contributed by atoms with Crippen molar-refractivity contribution in [3.63, 3.8) is 0 Å². The van der Waals surface area contributed by atoms with Gasteiger partial charge < -0.3 is 0 Å². The third kappa shape index (κ3) is 2.05. The van der Waals surface area contributed by atoms with E-state index in [0.29, 0.717) is 5.82 Å². The number of nitrogens with one attached hydrogen (secondary N) is 2. The standard InChI is InChI=1S/C9H9N5O2/c15-13-8-10-7(11-9(12-8)14-16)6-4-2-1-3-5-6/h1-5,15-16H,(H2,10,11,12,13,14). The van der Waals surface area contributed by atoms with Gasteiger partial charge in [-0.05, 0) is 0 Å². The molecule has 7 nitrogen and oxygen atoms in total. The molecule has 0 atom stereocenters. The smallest absolute Gasteiger partial charge is 0.252 e. The van der Waals surface area contributed by atoms with Crippen LogP contribution < -0.4 is 11.0 Å². The molecule has 0 bridgehead atoms. The third-order valence-electron chi connectivity index (χ3n) is 1.87. The van der Waals surface area contributed by atoms with Crippen molar-refractivity contribution >= 4 is 11.9 Å². The summed E-state index contributed by atoms with van der Waals surface area (Å²) in [5.41, 5.74) is 4.35. The van der Waals surface area contributed by atoms with E-state index in [9.17, 15) is 0 Å². The minimum absolute atomic E-state index is 0.0506. The van der Waals surface area contributed by atoms with Crippen LogP contribution in [0.15, 0.2) is 30.3 Å². The van der Waals surface area contributed by atoms with Gasteiger partial charge in [-0.2, -0.15) is 15.0 Å². The van der Waals surface area contributed by atoms with Crippen molar-refractivity contribution in [1.82, 2.24) is 15.0 Å². The van der Waals surface area contributed by atoms with Crippen LogP contribution in [0.4, 0.5) is 11.9 Å². The monoisotopic (exact) mass is 219 g/mol. The zero-order valence-electron chi connectivity index (χ0n) is 8.12. The summed E-state index contributed by atoms with van der Waals surface area (Å²) < 4.78 is 0. The lowest BCUT2D eigenvalue weighted by Crippen LogP contribution is -2.05. The average Bonchev–Trinajstić information content (AvgIpc) is 2.39. The second kappa shape index (κ2) is 4.51. The van der Waals surface area contributed by atoms with Crippen LogP contribution in [-0.2, 0) is 0 Å². The van der Waals surface area contributed by atoms with Crippen LogP contribution in [0.1, 0.15) is 0 Å². The molecule has 0 spiro atoms. The van der Waals surface area contributed by atoms with Crippen LogP contribution in [0.5, 0.6) is 0 Å². The van der Waals surface area contributed by atoms with E-state index in [0.717, 1.165) is 5.56 Å². The number of benzene rings is 1. The topological polar surface area (TPSA) is 103 Å². The molecule has 1 aromatic heterocycles. The number of aromatic nitrogens is 3. The summed E-state index contributed by atoms with van der Waals surface area (Å²) in [4.78, 5) is 11.5. The molecule has 82 valence electrons. The normalized spacial score (nSPS) is 9.88. The van der Waals surface area contributed by atoms with Gasteiger partial charge in [-0.1, -0.05) is 30.3 Å². The summed E-state index contributed by atoms with van der Waals surface area (Å²) in [6, 6.07) is 9.13. The molecular formula is C9H9N5O2. The zero-order valence-corrected chi connectivity index (χ0v) is 8.12. The molecule has 0 fully saturated rings. The van der Waals surface area contributed by atoms with Gasteiger partial charge in [-0.3, -0.25) is 10.4 Å². The van der Waals surface area contributed by atoms with Crippen molar-refractivity contribution in [3.8, 4) is 11.4 Å². The Hall–Kier alpha value is -2.25. The van der Waals surface area contributed by atoms with Crippen molar-refractivity contribution in [3.05, 3.63) is 30.3 Å². The van der Waals surface area contributed by atoms with Crippen LogP contribution in [0.2, 0.25) is 0 Å². The van der Waals surface area contributed by atoms with Crippen molar-refractivity contribution in [2.75, 3.05) is 11.0 Å². The maximum atomic E-state index is 8.72. The van der Waals surface area contributed by atoms with E-state index in [1.165, 1.54) is 0 Å². The summed E-state index contributed by atoms with van der Waals surface area (Å²) in [5.74, 6) is 0.236. The van der Waals surface area contributed by atoms with E-state index in [1.807, 2.05) is 18.2 Å². The molecule has 0 saturated heterocycles. The van der Waals surface area contributed by atoms with Gasteiger partial charge >= 0.3 is 0 Å². The summed E-state index contributed by atoms with van der Waals surface area (Å²) in [6.45, 7) is 0. The highest BCUT2D eigenvalue weighted by Gasteiger charge is 2.06. The maximum Gasteiger partial charge on any atom is 0.252 e. The molecule has 0 aliphatic rings. The van der Waals surface area contributed by atoms with Crippen LogP contribution in [0.3, 0.4) is 0 Å². The number of hydrogen-bond acceptors (Lipinski definition) is 7. The Balaban J connectivity index is 2.48. The van der Waals surface area contributed by atoms with E-state index < -0.39 is 0 Å². The molecule has 0 saturated carbocycles. The molecule has 0 radical (unpaired) electrons. The first-order chi connectivity index (χ1) is 7.83. The van der Waals surface area contributed by atoms with Crippen LogP contribution in [0, 0.1) is 0 Å². The van der Waals surface area contributed by atoms with Gasteiger partial charge in [-0.15, -0.1) is 0 Å². The number of hydrogen-bond donors (Lipinski definition) is 4. The molecule has 1 heterocycles. The Morgan fingerprint density at radius 1 is 0.812 bits per heavy atom. The van der Waals surface area contributed by atoms with Gasteiger partial charge in [0.25, 0.3) is 11.9 Å². The Kier molecular flexibility index (Phi) is 2.90. The van der Waals surface area contributed by atoms with Crippen molar-refractivity contribution in [1.29, 1.82) is 0 Å². The number of rotatable bonds is 3. The van der Waals surface area contributed by atoms with Crippen molar-refractivity contribution in [2.45, 2.75) is 0 Å². The Labute approximate surface area is 90.7 Å². The summed E-state index contributed by atoms with van der Waals surface area (Å²) >= 11 is 0. The SMILES string of the molecule is ONc1nc(NO)nc(-c2ccccc2)n1. The van der Waals surface area contributed by atoms with E-state index in [-0.39, 0.29) is 11.9 Å². The van der Waals surface area contributed by atoms with Crippen LogP contribution in [0.25, 0.3) is 11.4 Å². The third-order valence-corrected chi connectivity index (χ3v) is 1.87.